The van der Waals surface area contributed by atoms with Crippen LogP contribution >= 0.6 is 0 Å². The highest BCUT2D eigenvalue weighted by molar-refractivity contribution is 5.47. The smallest absolute Gasteiger partial charge is 0.164 e. The molecule has 0 heterocycles. The third-order valence-corrected chi connectivity index (χ3v) is 3.16. The quantitative estimate of drug-likeness (QED) is 0.884. The second kappa shape index (κ2) is 7.32. The van der Waals surface area contributed by atoms with Crippen molar-refractivity contribution >= 4 is 0 Å². The van der Waals surface area contributed by atoms with Crippen LogP contribution in [0.1, 0.15) is 16.7 Å². The van der Waals surface area contributed by atoms with Crippen LogP contribution in [0.5, 0.6) is 11.5 Å². The van der Waals surface area contributed by atoms with E-state index in [1.165, 1.54) is 0 Å². The fraction of sp³-hybridized carbons (Fsp3) is 0.235. The Morgan fingerprint density at radius 1 is 1.14 bits per heavy atom. The molecule has 0 aliphatic carbocycles. The topological polar surface area (TPSA) is 68.3 Å². The molecule has 0 spiro atoms. The minimum Gasteiger partial charge on any atom is -0.493 e. The van der Waals surface area contributed by atoms with Crippen molar-refractivity contribution < 1.29 is 9.47 Å². The van der Waals surface area contributed by atoms with Crippen LogP contribution in [-0.4, -0.2) is 13.7 Å². The van der Waals surface area contributed by atoms with E-state index in [4.69, 9.17) is 20.5 Å². The van der Waals surface area contributed by atoms with E-state index >= 15 is 0 Å². The Kier molecular flexibility index (Phi) is 5.19. The maximum atomic E-state index is 8.79. The molecule has 0 unspecified atom stereocenters. The number of nitriles is 1. The lowest BCUT2D eigenvalue weighted by molar-refractivity contribution is 0.281. The normalized spacial score (nSPS) is 9.95. The molecule has 0 bridgehead atoms. The van der Waals surface area contributed by atoms with Crippen molar-refractivity contribution in [2.24, 2.45) is 5.73 Å². The Morgan fingerprint density at radius 2 is 1.90 bits per heavy atom. The van der Waals surface area contributed by atoms with Crippen LogP contribution < -0.4 is 15.2 Å². The van der Waals surface area contributed by atoms with Gasteiger partial charge in [-0.25, -0.2) is 0 Å². The van der Waals surface area contributed by atoms with Gasteiger partial charge < -0.3 is 15.2 Å². The van der Waals surface area contributed by atoms with Crippen LogP contribution in [0.2, 0.25) is 0 Å². The first-order valence-electron chi connectivity index (χ1n) is 6.76. The zero-order chi connectivity index (χ0) is 15.1. The molecule has 4 nitrogen and oxygen atoms in total. The van der Waals surface area contributed by atoms with Gasteiger partial charge in [0.15, 0.2) is 11.5 Å². The number of methoxy groups -OCH3 is 1. The minimum atomic E-state index is 0.420. The highest BCUT2D eigenvalue weighted by Gasteiger charge is 2.10. The lowest BCUT2D eigenvalue weighted by Crippen LogP contribution is -2.06. The summed E-state index contributed by atoms with van der Waals surface area (Å²) in [6, 6.07) is 15.2. The summed E-state index contributed by atoms with van der Waals surface area (Å²) in [6.45, 7) is 0.976. The van der Waals surface area contributed by atoms with Gasteiger partial charge in [0.25, 0.3) is 0 Å². The number of hydrogen-bond acceptors (Lipinski definition) is 4. The van der Waals surface area contributed by atoms with Gasteiger partial charge in [-0.2, -0.15) is 5.26 Å². The largest absolute Gasteiger partial charge is 0.493 e. The van der Waals surface area contributed by atoms with Gasteiger partial charge in [-0.05, 0) is 42.3 Å². The monoisotopic (exact) mass is 282 g/mol. The molecule has 108 valence electrons. The van der Waals surface area contributed by atoms with Gasteiger partial charge >= 0.3 is 0 Å². The molecule has 21 heavy (non-hydrogen) atoms. The first kappa shape index (κ1) is 14.9. The molecule has 2 rings (SSSR count). The van der Waals surface area contributed by atoms with Crippen molar-refractivity contribution in [2.45, 2.75) is 13.0 Å². The second-order valence-corrected chi connectivity index (χ2v) is 4.58. The Morgan fingerprint density at radius 3 is 2.52 bits per heavy atom. The molecule has 4 heteroatoms. The van der Waals surface area contributed by atoms with E-state index in [9.17, 15) is 0 Å². The van der Waals surface area contributed by atoms with Gasteiger partial charge in [0.2, 0.25) is 0 Å². The highest BCUT2D eigenvalue weighted by Crippen LogP contribution is 2.32. The van der Waals surface area contributed by atoms with Crippen molar-refractivity contribution in [1.82, 2.24) is 0 Å². The van der Waals surface area contributed by atoms with Crippen LogP contribution in [0.15, 0.2) is 42.5 Å². The van der Waals surface area contributed by atoms with Gasteiger partial charge in [-0.3, -0.25) is 0 Å². The van der Waals surface area contributed by atoms with E-state index in [1.807, 2.05) is 30.3 Å². The molecule has 0 fully saturated rings. The lowest BCUT2D eigenvalue weighted by Gasteiger charge is -2.14. The molecule has 0 aliphatic rings. The molecule has 2 N–H and O–H groups in total. The molecule has 2 aromatic rings. The summed E-state index contributed by atoms with van der Waals surface area (Å²) in [6.07, 6.45) is 0.736. The zero-order valence-corrected chi connectivity index (χ0v) is 12.0. The first-order valence-corrected chi connectivity index (χ1v) is 6.76. The number of nitrogens with zero attached hydrogens (tertiary/aromatic N) is 1. The van der Waals surface area contributed by atoms with Gasteiger partial charge in [0.05, 0.1) is 18.7 Å². The fourth-order valence-electron chi connectivity index (χ4n) is 2.07. The lowest BCUT2D eigenvalue weighted by atomic mass is 10.1. The average molecular weight is 282 g/mol. The maximum Gasteiger partial charge on any atom is 0.164 e. The summed E-state index contributed by atoms with van der Waals surface area (Å²) >= 11 is 0. The molecule has 0 saturated carbocycles. The van der Waals surface area contributed by atoms with Crippen molar-refractivity contribution in [3.63, 3.8) is 0 Å². The molecular formula is C17H18N2O2. The van der Waals surface area contributed by atoms with Gasteiger partial charge in [0.1, 0.15) is 6.61 Å². The van der Waals surface area contributed by atoms with Crippen LogP contribution in [0.3, 0.4) is 0 Å². The number of nitrogens with two attached hydrogens (primary N) is 1. The summed E-state index contributed by atoms with van der Waals surface area (Å²) in [4.78, 5) is 0. The molecule has 0 radical (unpaired) electrons. The summed E-state index contributed by atoms with van der Waals surface area (Å²) in [7, 11) is 1.62. The molecular weight excluding hydrogens is 264 g/mol. The fourth-order valence-corrected chi connectivity index (χ4v) is 2.07. The van der Waals surface area contributed by atoms with Crippen LogP contribution in [0.4, 0.5) is 0 Å². The van der Waals surface area contributed by atoms with Crippen LogP contribution in [-0.2, 0) is 13.0 Å². The number of para-hydroxylation sites is 1. The van der Waals surface area contributed by atoms with Gasteiger partial charge in [-0.15, -0.1) is 0 Å². The molecule has 0 aromatic heterocycles. The molecule has 0 amide bonds. The van der Waals surface area contributed by atoms with Crippen molar-refractivity contribution in [3.8, 4) is 17.6 Å². The standard InChI is InChI=1S/C17H18N2O2/c1-20-16-4-2-3-15(9-10-18)17(16)21-12-14-7-5-13(11-19)6-8-14/h2-8H,9-10,12,18H2,1H3. The molecule has 0 atom stereocenters. The average Bonchev–Trinajstić information content (AvgIpc) is 2.54. The van der Waals surface area contributed by atoms with Crippen LogP contribution in [0.25, 0.3) is 0 Å². The number of hydrogen-bond donors (Lipinski definition) is 1. The van der Waals surface area contributed by atoms with Crippen molar-refractivity contribution in [1.29, 1.82) is 5.26 Å². The summed E-state index contributed by atoms with van der Waals surface area (Å²) in [5, 5.41) is 8.79. The van der Waals surface area contributed by atoms with Crippen molar-refractivity contribution in [2.75, 3.05) is 13.7 Å². The van der Waals surface area contributed by atoms with E-state index in [2.05, 4.69) is 6.07 Å². The Hall–Kier alpha value is -2.51. The predicted molar refractivity (Wildman–Crippen MR) is 81.2 cm³/mol. The van der Waals surface area contributed by atoms with E-state index in [0.717, 1.165) is 23.3 Å². The van der Waals surface area contributed by atoms with Gasteiger partial charge in [0, 0.05) is 0 Å². The Labute approximate surface area is 124 Å². The molecule has 0 aliphatic heterocycles. The summed E-state index contributed by atoms with van der Waals surface area (Å²) < 4.78 is 11.3. The Bertz CT molecular complexity index is 630. The summed E-state index contributed by atoms with van der Waals surface area (Å²) in [5.74, 6) is 1.43. The number of ether oxygens (including phenoxy) is 2. The zero-order valence-electron chi connectivity index (χ0n) is 12.0. The number of benzene rings is 2. The minimum absolute atomic E-state index is 0.420. The van der Waals surface area contributed by atoms with Crippen LogP contribution in [0, 0.1) is 11.3 Å². The maximum absolute atomic E-state index is 8.79. The highest BCUT2D eigenvalue weighted by atomic mass is 16.5. The number of rotatable bonds is 6. The molecule has 0 saturated heterocycles. The van der Waals surface area contributed by atoms with E-state index in [0.29, 0.717) is 24.5 Å². The predicted octanol–water partition coefficient (Wildman–Crippen LogP) is 2.65. The third-order valence-electron chi connectivity index (χ3n) is 3.16. The Balaban J connectivity index is 2.16. The first-order chi connectivity index (χ1) is 10.3. The third kappa shape index (κ3) is 3.74. The van der Waals surface area contributed by atoms with E-state index < -0.39 is 0 Å². The van der Waals surface area contributed by atoms with Gasteiger partial charge in [-0.1, -0.05) is 24.3 Å². The molecule has 2 aromatic carbocycles. The van der Waals surface area contributed by atoms with E-state index in [-0.39, 0.29) is 0 Å². The SMILES string of the molecule is COc1cccc(CCN)c1OCc1ccc(C#N)cc1. The van der Waals surface area contributed by atoms with E-state index in [1.54, 1.807) is 19.2 Å². The van der Waals surface area contributed by atoms with Crippen molar-refractivity contribution in [3.05, 3.63) is 59.2 Å². The summed E-state index contributed by atoms with van der Waals surface area (Å²) in [5.41, 5.74) is 8.30. The second-order valence-electron chi connectivity index (χ2n) is 4.58.